The molecule has 0 aliphatic heterocycles. The van der Waals surface area contributed by atoms with E-state index in [0.29, 0.717) is 0 Å². The molecule has 2 aliphatic carbocycles. The van der Waals surface area contributed by atoms with Crippen molar-refractivity contribution >= 4 is 20.2 Å². The maximum atomic E-state index is 5.34. The highest BCUT2D eigenvalue weighted by molar-refractivity contribution is 6.34. The topological polar surface area (TPSA) is 9.23 Å². The molecule has 3 atom stereocenters. The summed E-state index contributed by atoms with van der Waals surface area (Å²) in [4.78, 5) is 0. The molecule has 2 aliphatic rings. The number of allylic oxidation sites excluding steroid dienone is 2. The molecule has 0 aromatic rings. The number of hydrogen-bond acceptors (Lipinski definition) is 1. The van der Waals surface area contributed by atoms with Gasteiger partial charge >= 0.3 is 0 Å². The average molecular weight is 198 g/mol. The Bertz CT molecular complexity index is 181. The molecule has 1 fully saturated rings. The summed E-state index contributed by atoms with van der Waals surface area (Å²) >= 11 is 0. The van der Waals surface area contributed by atoms with Crippen LogP contribution in [0.2, 0.25) is 6.04 Å². The maximum absolute atomic E-state index is 5.34. The molecule has 0 aromatic heterocycles. The van der Waals surface area contributed by atoms with Gasteiger partial charge in [0.05, 0.1) is 0 Å². The Morgan fingerprint density at radius 1 is 1.42 bits per heavy atom. The lowest BCUT2D eigenvalue weighted by Crippen LogP contribution is -2.08. The second-order valence-electron chi connectivity index (χ2n) is 4.18. The first kappa shape index (κ1) is 8.72. The number of rotatable bonds is 4. The van der Waals surface area contributed by atoms with Crippen LogP contribution in [0, 0.1) is 17.8 Å². The molecule has 0 aromatic carbocycles. The molecule has 0 spiro atoms. The van der Waals surface area contributed by atoms with Gasteiger partial charge in [0.15, 0.2) is 0 Å². The monoisotopic (exact) mass is 198 g/mol. The second-order valence-corrected chi connectivity index (χ2v) is 7.60. The van der Waals surface area contributed by atoms with E-state index in [1.807, 2.05) is 0 Å². The van der Waals surface area contributed by atoms with Crippen LogP contribution in [-0.2, 0) is 4.12 Å². The lowest BCUT2D eigenvalue weighted by Gasteiger charge is -2.17. The van der Waals surface area contributed by atoms with Crippen molar-refractivity contribution < 1.29 is 4.12 Å². The number of fused-ring (bicyclic) bond motifs is 2. The van der Waals surface area contributed by atoms with E-state index in [1.54, 1.807) is 0 Å². The van der Waals surface area contributed by atoms with Crippen molar-refractivity contribution in [2.75, 3.05) is 0 Å². The van der Waals surface area contributed by atoms with Gasteiger partial charge < -0.3 is 4.12 Å². The average Bonchev–Trinajstić information content (AvgIpc) is 2.65. The molecule has 2 bridgehead atoms. The summed E-state index contributed by atoms with van der Waals surface area (Å²) in [5.41, 5.74) is 0. The highest BCUT2D eigenvalue weighted by Gasteiger charge is 2.34. The molecule has 0 heterocycles. The highest BCUT2D eigenvalue weighted by atomic mass is 28.3. The molecule has 3 unspecified atom stereocenters. The third-order valence-corrected chi connectivity index (χ3v) is 5.67. The lowest BCUT2D eigenvalue weighted by molar-refractivity contribution is 0.430. The third kappa shape index (κ3) is 1.73. The van der Waals surface area contributed by atoms with E-state index in [0.717, 1.165) is 28.2 Å². The maximum Gasteiger partial charge on any atom is 0.145 e. The van der Waals surface area contributed by atoms with Gasteiger partial charge in [-0.05, 0) is 36.6 Å². The minimum absolute atomic E-state index is 0.0898. The first-order valence-electron chi connectivity index (χ1n) is 5.07. The van der Waals surface area contributed by atoms with E-state index in [2.05, 4.69) is 12.2 Å². The van der Waals surface area contributed by atoms with Crippen LogP contribution in [0.3, 0.4) is 0 Å². The van der Waals surface area contributed by atoms with E-state index in [1.165, 1.54) is 25.3 Å². The van der Waals surface area contributed by atoms with Crippen molar-refractivity contribution in [2.24, 2.45) is 17.8 Å². The normalized spacial score (nSPS) is 39.2. The molecular weight excluding hydrogens is 180 g/mol. The van der Waals surface area contributed by atoms with E-state index in [-0.39, 0.29) is 9.76 Å². The Kier molecular flexibility index (Phi) is 2.83. The van der Waals surface area contributed by atoms with Crippen LogP contribution in [0.15, 0.2) is 12.2 Å². The Balaban J connectivity index is 1.73. The first-order chi connectivity index (χ1) is 5.90. The summed E-state index contributed by atoms with van der Waals surface area (Å²) in [5.74, 6) is 2.95. The van der Waals surface area contributed by atoms with E-state index in [4.69, 9.17) is 4.12 Å². The fraction of sp³-hybridized carbons (Fsp3) is 0.778. The van der Waals surface area contributed by atoms with Gasteiger partial charge in [-0.3, -0.25) is 0 Å². The van der Waals surface area contributed by atoms with E-state index < -0.39 is 0 Å². The molecule has 0 N–H and O–H groups in total. The SMILES string of the molecule is [SiH3]O[SiH2]CCC1CC2C=CC1C2. The fourth-order valence-electron chi connectivity index (χ4n) is 2.72. The minimum atomic E-state index is -0.0898. The zero-order valence-corrected chi connectivity index (χ0v) is 11.2. The highest BCUT2D eigenvalue weighted by Crippen LogP contribution is 2.45. The van der Waals surface area contributed by atoms with Gasteiger partial charge in [0.25, 0.3) is 0 Å². The van der Waals surface area contributed by atoms with Crippen LogP contribution in [0.5, 0.6) is 0 Å². The van der Waals surface area contributed by atoms with Crippen molar-refractivity contribution in [1.29, 1.82) is 0 Å². The molecule has 0 amide bonds. The third-order valence-electron chi connectivity index (χ3n) is 3.34. The molecule has 2 rings (SSSR count). The smallest absolute Gasteiger partial charge is 0.145 e. The molecule has 0 saturated heterocycles. The van der Waals surface area contributed by atoms with Gasteiger partial charge in [-0.1, -0.05) is 18.6 Å². The van der Waals surface area contributed by atoms with Crippen molar-refractivity contribution in [3.05, 3.63) is 12.2 Å². The summed E-state index contributed by atoms with van der Waals surface area (Å²) in [6.45, 7) is 0. The second kappa shape index (κ2) is 3.89. The van der Waals surface area contributed by atoms with Gasteiger partial charge in [-0.15, -0.1) is 0 Å². The Hall–Kier alpha value is 0.134. The van der Waals surface area contributed by atoms with Crippen LogP contribution in [0.25, 0.3) is 0 Å². The zero-order chi connectivity index (χ0) is 8.39. The van der Waals surface area contributed by atoms with Gasteiger partial charge in [-0.2, -0.15) is 0 Å². The fourth-order valence-corrected chi connectivity index (χ4v) is 4.56. The Morgan fingerprint density at radius 2 is 2.33 bits per heavy atom. The standard InChI is InChI=1S/C9H18OSi2/c11-10-12-4-3-9-6-7-1-2-8(9)5-7/h1-2,7-9H,3-6,12H2,11H3. The Labute approximate surface area is 80.1 Å². The molecule has 68 valence electrons. The lowest BCUT2D eigenvalue weighted by atomic mass is 9.91. The number of hydrogen-bond donors (Lipinski definition) is 0. The molecule has 0 radical (unpaired) electrons. The molecule has 12 heavy (non-hydrogen) atoms. The van der Waals surface area contributed by atoms with E-state index >= 15 is 0 Å². The van der Waals surface area contributed by atoms with Crippen LogP contribution in [-0.4, -0.2) is 20.2 Å². The summed E-state index contributed by atoms with van der Waals surface area (Å²) in [6.07, 6.45) is 9.30. The molecule has 3 heteroatoms. The molecule has 1 nitrogen and oxygen atoms in total. The van der Waals surface area contributed by atoms with Gasteiger partial charge in [0.2, 0.25) is 0 Å². The molecular formula is C9H18OSi2. The van der Waals surface area contributed by atoms with Gasteiger partial charge in [0.1, 0.15) is 20.2 Å². The Morgan fingerprint density at radius 3 is 2.92 bits per heavy atom. The quantitative estimate of drug-likeness (QED) is 0.361. The predicted octanol–water partition coefficient (Wildman–Crippen LogP) is 0.388. The van der Waals surface area contributed by atoms with Crippen molar-refractivity contribution in [3.8, 4) is 0 Å². The van der Waals surface area contributed by atoms with E-state index in [9.17, 15) is 0 Å². The van der Waals surface area contributed by atoms with Gasteiger partial charge in [0, 0.05) is 0 Å². The summed E-state index contributed by atoms with van der Waals surface area (Å²) in [5, 5.41) is 0. The summed E-state index contributed by atoms with van der Waals surface area (Å²) in [6, 6.07) is 1.42. The minimum Gasteiger partial charge on any atom is -0.468 e. The summed E-state index contributed by atoms with van der Waals surface area (Å²) in [7, 11) is 0.880. The van der Waals surface area contributed by atoms with Crippen molar-refractivity contribution in [2.45, 2.75) is 25.3 Å². The first-order valence-corrected chi connectivity index (χ1v) is 7.47. The molecule has 1 saturated carbocycles. The predicted molar refractivity (Wildman–Crippen MR) is 57.8 cm³/mol. The van der Waals surface area contributed by atoms with Gasteiger partial charge in [-0.25, -0.2) is 0 Å². The van der Waals surface area contributed by atoms with Crippen molar-refractivity contribution in [1.82, 2.24) is 0 Å². The van der Waals surface area contributed by atoms with Crippen LogP contribution in [0.1, 0.15) is 19.3 Å². The largest absolute Gasteiger partial charge is 0.468 e. The van der Waals surface area contributed by atoms with Crippen molar-refractivity contribution in [3.63, 3.8) is 0 Å². The van der Waals surface area contributed by atoms with Crippen LogP contribution in [0.4, 0.5) is 0 Å². The summed E-state index contributed by atoms with van der Waals surface area (Å²) < 4.78 is 5.34. The van der Waals surface area contributed by atoms with Crippen LogP contribution >= 0.6 is 0 Å². The zero-order valence-electron chi connectivity index (χ0n) is 7.83. The van der Waals surface area contributed by atoms with Crippen LogP contribution < -0.4 is 0 Å².